The SMILES string of the molecule is Cc1nn(C)cc1NCC/C(N)=N/O. The van der Waals surface area contributed by atoms with Crippen molar-refractivity contribution in [3.05, 3.63) is 11.9 Å². The van der Waals surface area contributed by atoms with Crippen molar-refractivity contribution in [2.45, 2.75) is 13.3 Å². The third-order valence-electron chi connectivity index (χ3n) is 1.84. The van der Waals surface area contributed by atoms with Crippen molar-refractivity contribution in [3.8, 4) is 0 Å². The average molecular weight is 197 g/mol. The first-order chi connectivity index (χ1) is 6.63. The van der Waals surface area contributed by atoms with Crippen LogP contribution in [0.3, 0.4) is 0 Å². The molecule has 0 aliphatic carbocycles. The van der Waals surface area contributed by atoms with Crippen molar-refractivity contribution in [2.75, 3.05) is 11.9 Å². The van der Waals surface area contributed by atoms with Crippen LogP contribution in [-0.4, -0.2) is 27.4 Å². The summed E-state index contributed by atoms with van der Waals surface area (Å²) in [7, 11) is 1.86. The molecule has 0 spiro atoms. The highest BCUT2D eigenvalue weighted by Gasteiger charge is 2.01. The third kappa shape index (κ3) is 2.65. The molecule has 0 aliphatic rings. The van der Waals surface area contributed by atoms with Gasteiger partial charge in [-0.05, 0) is 6.92 Å². The molecule has 1 heterocycles. The van der Waals surface area contributed by atoms with Gasteiger partial charge in [-0.3, -0.25) is 4.68 Å². The maximum atomic E-state index is 8.31. The zero-order chi connectivity index (χ0) is 10.6. The molecule has 78 valence electrons. The smallest absolute Gasteiger partial charge is 0.140 e. The first-order valence-corrected chi connectivity index (χ1v) is 4.34. The highest BCUT2D eigenvalue weighted by molar-refractivity contribution is 5.80. The molecule has 0 atom stereocenters. The summed E-state index contributed by atoms with van der Waals surface area (Å²) in [5.41, 5.74) is 7.23. The monoisotopic (exact) mass is 197 g/mol. The Hall–Kier alpha value is -1.72. The molecular formula is C8H15N5O. The number of nitrogens with two attached hydrogens (primary N) is 1. The molecule has 0 saturated carbocycles. The van der Waals surface area contributed by atoms with E-state index in [9.17, 15) is 0 Å². The van der Waals surface area contributed by atoms with Crippen molar-refractivity contribution in [1.29, 1.82) is 0 Å². The molecule has 1 aromatic rings. The lowest BCUT2D eigenvalue weighted by molar-refractivity contribution is 0.317. The number of hydrogen-bond acceptors (Lipinski definition) is 4. The van der Waals surface area contributed by atoms with E-state index < -0.39 is 0 Å². The van der Waals surface area contributed by atoms with E-state index >= 15 is 0 Å². The van der Waals surface area contributed by atoms with Gasteiger partial charge < -0.3 is 16.3 Å². The number of amidine groups is 1. The molecular weight excluding hydrogens is 182 g/mol. The van der Waals surface area contributed by atoms with Gasteiger partial charge in [-0.2, -0.15) is 5.10 Å². The Balaban J connectivity index is 2.42. The summed E-state index contributed by atoms with van der Waals surface area (Å²) in [5, 5.41) is 18.5. The van der Waals surface area contributed by atoms with Gasteiger partial charge in [0.25, 0.3) is 0 Å². The fourth-order valence-electron chi connectivity index (χ4n) is 1.15. The van der Waals surface area contributed by atoms with Gasteiger partial charge in [0.05, 0.1) is 11.4 Å². The van der Waals surface area contributed by atoms with Gasteiger partial charge in [0.2, 0.25) is 0 Å². The molecule has 0 amide bonds. The molecule has 0 saturated heterocycles. The fraction of sp³-hybridized carbons (Fsp3) is 0.500. The van der Waals surface area contributed by atoms with Crippen molar-refractivity contribution < 1.29 is 5.21 Å². The van der Waals surface area contributed by atoms with E-state index in [0.29, 0.717) is 13.0 Å². The predicted octanol–water partition coefficient (Wildman–Crippen LogP) is 0.277. The minimum absolute atomic E-state index is 0.221. The molecule has 6 nitrogen and oxygen atoms in total. The second kappa shape index (κ2) is 4.50. The predicted molar refractivity (Wildman–Crippen MR) is 54.5 cm³/mol. The van der Waals surface area contributed by atoms with E-state index in [1.54, 1.807) is 4.68 Å². The summed E-state index contributed by atoms with van der Waals surface area (Å²) >= 11 is 0. The van der Waals surface area contributed by atoms with Crippen LogP contribution in [0.4, 0.5) is 5.69 Å². The molecule has 0 bridgehead atoms. The summed E-state index contributed by atoms with van der Waals surface area (Å²) in [6.07, 6.45) is 2.40. The molecule has 14 heavy (non-hydrogen) atoms. The lowest BCUT2D eigenvalue weighted by Gasteiger charge is -2.02. The van der Waals surface area contributed by atoms with Crippen molar-refractivity contribution in [3.63, 3.8) is 0 Å². The van der Waals surface area contributed by atoms with Crippen LogP contribution < -0.4 is 11.1 Å². The lowest BCUT2D eigenvalue weighted by atomic mass is 10.3. The van der Waals surface area contributed by atoms with Crippen LogP contribution in [0, 0.1) is 6.92 Å². The molecule has 0 unspecified atom stereocenters. The standard InChI is InChI=1S/C8H15N5O/c1-6-7(5-13(2)11-6)10-4-3-8(9)12-14/h5,10,14H,3-4H2,1-2H3,(H2,9,12). The normalized spacial score (nSPS) is 11.7. The largest absolute Gasteiger partial charge is 0.409 e. The zero-order valence-electron chi connectivity index (χ0n) is 8.36. The molecule has 1 aromatic heterocycles. The fourth-order valence-corrected chi connectivity index (χ4v) is 1.15. The second-order valence-corrected chi connectivity index (χ2v) is 3.07. The summed E-state index contributed by atoms with van der Waals surface area (Å²) in [4.78, 5) is 0. The number of oxime groups is 1. The van der Waals surface area contributed by atoms with Gasteiger partial charge in [-0.25, -0.2) is 0 Å². The molecule has 4 N–H and O–H groups in total. The second-order valence-electron chi connectivity index (χ2n) is 3.07. The summed E-state index contributed by atoms with van der Waals surface area (Å²) in [5.74, 6) is 0.221. The van der Waals surface area contributed by atoms with E-state index in [0.717, 1.165) is 11.4 Å². The van der Waals surface area contributed by atoms with Gasteiger partial charge in [-0.15, -0.1) is 0 Å². The summed E-state index contributed by atoms with van der Waals surface area (Å²) in [6.45, 7) is 2.55. The van der Waals surface area contributed by atoms with E-state index in [1.165, 1.54) is 0 Å². The Morgan fingerprint density at radius 3 is 3.00 bits per heavy atom. The molecule has 0 fully saturated rings. The van der Waals surface area contributed by atoms with Crippen molar-refractivity contribution in [1.82, 2.24) is 9.78 Å². The Morgan fingerprint density at radius 1 is 1.79 bits per heavy atom. The number of nitrogens with zero attached hydrogens (tertiary/aromatic N) is 3. The van der Waals surface area contributed by atoms with Gasteiger partial charge in [-0.1, -0.05) is 5.16 Å². The average Bonchev–Trinajstić information content (AvgIpc) is 2.45. The Bertz CT molecular complexity index is 330. The minimum atomic E-state index is 0.221. The van der Waals surface area contributed by atoms with E-state index in [4.69, 9.17) is 10.9 Å². The number of nitrogens with one attached hydrogen (secondary N) is 1. The van der Waals surface area contributed by atoms with Gasteiger partial charge in [0.15, 0.2) is 0 Å². The maximum Gasteiger partial charge on any atom is 0.140 e. The van der Waals surface area contributed by atoms with Crippen LogP contribution in [0.25, 0.3) is 0 Å². The summed E-state index contributed by atoms with van der Waals surface area (Å²) in [6, 6.07) is 0. The topological polar surface area (TPSA) is 88.5 Å². The number of hydrogen-bond donors (Lipinski definition) is 3. The number of rotatable bonds is 4. The Morgan fingerprint density at radius 2 is 2.50 bits per heavy atom. The van der Waals surface area contributed by atoms with E-state index in [-0.39, 0.29) is 5.84 Å². The maximum absolute atomic E-state index is 8.31. The Labute approximate surface area is 82.4 Å². The van der Waals surface area contributed by atoms with E-state index in [2.05, 4.69) is 15.6 Å². The lowest BCUT2D eigenvalue weighted by Crippen LogP contribution is -2.16. The van der Waals surface area contributed by atoms with Crippen LogP contribution in [-0.2, 0) is 7.05 Å². The highest BCUT2D eigenvalue weighted by Crippen LogP contribution is 2.10. The van der Waals surface area contributed by atoms with Crippen LogP contribution in [0.1, 0.15) is 12.1 Å². The number of aromatic nitrogens is 2. The van der Waals surface area contributed by atoms with Crippen molar-refractivity contribution in [2.24, 2.45) is 17.9 Å². The first-order valence-electron chi connectivity index (χ1n) is 4.34. The van der Waals surface area contributed by atoms with Gasteiger partial charge >= 0.3 is 0 Å². The molecule has 0 aromatic carbocycles. The van der Waals surface area contributed by atoms with Crippen molar-refractivity contribution >= 4 is 11.5 Å². The zero-order valence-corrected chi connectivity index (χ0v) is 8.36. The van der Waals surface area contributed by atoms with Gasteiger partial charge in [0, 0.05) is 26.2 Å². The van der Waals surface area contributed by atoms with Crippen LogP contribution >= 0.6 is 0 Å². The third-order valence-corrected chi connectivity index (χ3v) is 1.84. The molecule has 0 aliphatic heterocycles. The minimum Gasteiger partial charge on any atom is -0.409 e. The molecule has 1 rings (SSSR count). The first kappa shape index (κ1) is 10.4. The summed E-state index contributed by atoms with van der Waals surface area (Å²) < 4.78 is 1.74. The molecule has 6 heteroatoms. The van der Waals surface area contributed by atoms with Crippen LogP contribution in [0.2, 0.25) is 0 Å². The van der Waals surface area contributed by atoms with Crippen LogP contribution in [0.15, 0.2) is 11.4 Å². The molecule has 0 radical (unpaired) electrons. The van der Waals surface area contributed by atoms with Gasteiger partial charge in [0.1, 0.15) is 5.84 Å². The Kier molecular flexibility index (Phi) is 3.33. The van der Waals surface area contributed by atoms with Crippen LogP contribution in [0.5, 0.6) is 0 Å². The quantitative estimate of drug-likeness (QED) is 0.280. The number of aryl methyl sites for hydroxylation is 2. The van der Waals surface area contributed by atoms with E-state index in [1.807, 2.05) is 20.2 Å². The highest BCUT2D eigenvalue weighted by atomic mass is 16.4. The number of anilines is 1.